The molecule has 0 spiro atoms. The van der Waals surface area contributed by atoms with Crippen LogP contribution in [0.5, 0.6) is 0 Å². The summed E-state index contributed by atoms with van der Waals surface area (Å²) in [5.74, 6) is -1.22. The van der Waals surface area contributed by atoms with Gasteiger partial charge in [-0.2, -0.15) is 12.6 Å². The molecule has 7 heteroatoms. The maximum absolute atomic E-state index is 11.4. The van der Waals surface area contributed by atoms with Crippen molar-refractivity contribution in [2.24, 2.45) is 0 Å². The number of carbonyl (C=O) groups is 3. The third kappa shape index (κ3) is 5.59. The van der Waals surface area contributed by atoms with Gasteiger partial charge in [0.15, 0.2) is 6.61 Å². The van der Waals surface area contributed by atoms with Crippen molar-refractivity contribution in [2.45, 2.75) is 13.0 Å². The SMILES string of the molecule is CC(=O)N[C@@H](CS)C(=O)OCC(=O)N(C)C. The fourth-order valence-corrected chi connectivity index (χ4v) is 1.03. The Balaban J connectivity index is 4.12. The number of rotatable bonds is 5. The Bertz CT molecular complexity index is 281. The maximum Gasteiger partial charge on any atom is 0.330 e. The molecule has 0 fully saturated rings. The molecule has 0 aliphatic rings. The van der Waals surface area contributed by atoms with Crippen molar-refractivity contribution in [1.82, 2.24) is 10.2 Å². The Morgan fingerprint density at radius 1 is 1.38 bits per heavy atom. The molecule has 0 saturated heterocycles. The number of nitrogens with zero attached hydrogens (tertiary/aromatic N) is 1. The molecule has 0 aromatic carbocycles. The van der Waals surface area contributed by atoms with Gasteiger partial charge in [-0.25, -0.2) is 4.79 Å². The molecule has 0 radical (unpaired) electrons. The van der Waals surface area contributed by atoms with Gasteiger partial charge in [-0.3, -0.25) is 9.59 Å². The van der Waals surface area contributed by atoms with E-state index in [-0.39, 0.29) is 24.2 Å². The van der Waals surface area contributed by atoms with E-state index >= 15 is 0 Å². The van der Waals surface area contributed by atoms with E-state index in [0.717, 1.165) is 0 Å². The Hall–Kier alpha value is -1.24. The summed E-state index contributed by atoms with van der Waals surface area (Å²) in [6.45, 7) is 0.949. The van der Waals surface area contributed by atoms with E-state index < -0.39 is 12.0 Å². The van der Waals surface area contributed by atoms with Gasteiger partial charge in [-0.1, -0.05) is 0 Å². The van der Waals surface area contributed by atoms with E-state index in [0.29, 0.717) is 0 Å². The van der Waals surface area contributed by atoms with Crippen LogP contribution in [0, 0.1) is 0 Å². The van der Waals surface area contributed by atoms with Gasteiger partial charge >= 0.3 is 5.97 Å². The monoisotopic (exact) mass is 248 g/mol. The standard InChI is InChI=1S/C9H16N2O4S/c1-6(12)10-7(5-16)9(14)15-4-8(13)11(2)3/h7,16H,4-5H2,1-3H3,(H,10,12)/t7-/m0/s1. The molecule has 0 aromatic heterocycles. The van der Waals surface area contributed by atoms with Crippen molar-refractivity contribution < 1.29 is 19.1 Å². The van der Waals surface area contributed by atoms with Gasteiger partial charge in [0.1, 0.15) is 6.04 Å². The number of ether oxygens (including phenoxy) is 1. The van der Waals surface area contributed by atoms with Crippen LogP contribution < -0.4 is 5.32 Å². The maximum atomic E-state index is 11.4. The normalized spacial score (nSPS) is 11.5. The Morgan fingerprint density at radius 3 is 2.31 bits per heavy atom. The van der Waals surface area contributed by atoms with Crippen LogP contribution in [0.2, 0.25) is 0 Å². The van der Waals surface area contributed by atoms with Crippen LogP contribution >= 0.6 is 12.6 Å². The number of hydrogen-bond donors (Lipinski definition) is 2. The van der Waals surface area contributed by atoms with Crippen molar-refractivity contribution in [1.29, 1.82) is 0 Å². The molecule has 16 heavy (non-hydrogen) atoms. The highest BCUT2D eigenvalue weighted by atomic mass is 32.1. The minimum Gasteiger partial charge on any atom is -0.454 e. The second-order valence-corrected chi connectivity index (χ2v) is 3.70. The lowest BCUT2D eigenvalue weighted by molar-refractivity contribution is -0.153. The molecule has 0 heterocycles. The summed E-state index contributed by atoms with van der Waals surface area (Å²) < 4.78 is 4.73. The van der Waals surface area contributed by atoms with Crippen LogP contribution in [-0.4, -0.2) is 55.2 Å². The highest BCUT2D eigenvalue weighted by Gasteiger charge is 2.20. The summed E-state index contributed by atoms with van der Waals surface area (Å²) >= 11 is 3.90. The Labute approximate surface area is 99.7 Å². The van der Waals surface area contributed by atoms with Crippen LogP contribution in [0.25, 0.3) is 0 Å². The van der Waals surface area contributed by atoms with Gasteiger partial charge in [0.2, 0.25) is 5.91 Å². The van der Waals surface area contributed by atoms with E-state index in [4.69, 9.17) is 4.74 Å². The first-order valence-electron chi connectivity index (χ1n) is 4.63. The minimum atomic E-state index is -0.823. The highest BCUT2D eigenvalue weighted by Crippen LogP contribution is 1.94. The van der Waals surface area contributed by atoms with Crippen molar-refractivity contribution in [2.75, 3.05) is 26.5 Å². The van der Waals surface area contributed by atoms with Gasteiger partial charge in [-0.05, 0) is 0 Å². The Kier molecular flexibility index (Phi) is 6.55. The zero-order chi connectivity index (χ0) is 12.7. The van der Waals surface area contributed by atoms with Gasteiger partial charge in [0.25, 0.3) is 5.91 Å². The number of esters is 1. The van der Waals surface area contributed by atoms with Gasteiger partial charge in [0, 0.05) is 26.8 Å². The van der Waals surface area contributed by atoms with Gasteiger partial charge in [0.05, 0.1) is 0 Å². The molecule has 1 N–H and O–H groups in total. The molecule has 92 valence electrons. The third-order valence-electron chi connectivity index (χ3n) is 1.68. The predicted octanol–water partition coefficient (Wildman–Crippen LogP) is -0.948. The first-order chi connectivity index (χ1) is 7.38. The molecule has 0 aliphatic carbocycles. The molecule has 6 nitrogen and oxygen atoms in total. The molecule has 1 atom stereocenters. The summed E-state index contributed by atoms with van der Waals surface area (Å²) in [5.41, 5.74) is 0. The van der Waals surface area contributed by atoms with Crippen molar-refractivity contribution in [3.63, 3.8) is 0 Å². The lowest BCUT2D eigenvalue weighted by atomic mass is 10.3. The zero-order valence-electron chi connectivity index (χ0n) is 9.52. The predicted molar refractivity (Wildman–Crippen MR) is 61.1 cm³/mol. The van der Waals surface area contributed by atoms with E-state index in [9.17, 15) is 14.4 Å². The van der Waals surface area contributed by atoms with Crippen LogP contribution in [0.1, 0.15) is 6.92 Å². The third-order valence-corrected chi connectivity index (χ3v) is 2.05. The molecule has 2 amide bonds. The number of amides is 2. The highest BCUT2D eigenvalue weighted by molar-refractivity contribution is 7.80. The largest absolute Gasteiger partial charge is 0.454 e. The molecular formula is C9H16N2O4S. The smallest absolute Gasteiger partial charge is 0.330 e. The number of hydrogen-bond acceptors (Lipinski definition) is 5. The average molecular weight is 248 g/mol. The summed E-state index contributed by atoms with van der Waals surface area (Å²) in [7, 11) is 3.11. The quantitative estimate of drug-likeness (QED) is 0.486. The summed E-state index contributed by atoms with van der Waals surface area (Å²) in [6, 6.07) is -0.823. The van der Waals surface area contributed by atoms with E-state index in [2.05, 4.69) is 17.9 Å². The van der Waals surface area contributed by atoms with Crippen LogP contribution in [0.4, 0.5) is 0 Å². The molecular weight excluding hydrogens is 232 g/mol. The van der Waals surface area contributed by atoms with Crippen molar-refractivity contribution in [3.05, 3.63) is 0 Å². The van der Waals surface area contributed by atoms with Crippen LogP contribution in [-0.2, 0) is 19.1 Å². The first-order valence-corrected chi connectivity index (χ1v) is 5.26. The second kappa shape index (κ2) is 7.10. The number of carbonyl (C=O) groups excluding carboxylic acids is 3. The number of likely N-dealkylation sites (N-methyl/N-ethyl adjacent to an activating group) is 1. The number of thiol groups is 1. The molecule has 0 aromatic rings. The molecule has 0 rings (SSSR count). The summed E-state index contributed by atoms with van der Waals surface area (Å²) in [4.78, 5) is 34.5. The lowest BCUT2D eigenvalue weighted by Crippen LogP contribution is -2.43. The minimum absolute atomic E-state index is 0.120. The van der Waals surface area contributed by atoms with Crippen molar-refractivity contribution >= 4 is 30.4 Å². The van der Waals surface area contributed by atoms with E-state index in [1.165, 1.54) is 11.8 Å². The summed E-state index contributed by atoms with van der Waals surface area (Å²) in [5, 5.41) is 2.37. The number of nitrogens with one attached hydrogen (secondary N) is 1. The molecule has 0 unspecified atom stereocenters. The van der Waals surface area contributed by atoms with Crippen molar-refractivity contribution in [3.8, 4) is 0 Å². The van der Waals surface area contributed by atoms with E-state index in [1.54, 1.807) is 14.1 Å². The summed E-state index contributed by atoms with van der Waals surface area (Å²) in [6.07, 6.45) is 0. The molecule has 0 saturated carbocycles. The fraction of sp³-hybridized carbons (Fsp3) is 0.667. The molecule has 0 aliphatic heterocycles. The fourth-order valence-electron chi connectivity index (χ4n) is 0.787. The van der Waals surface area contributed by atoms with Gasteiger partial charge < -0.3 is 15.0 Å². The first kappa shape index (κ1) is 14.8. The molecule has 0 bridgehead atoms. The second-order valence-electron chi connectivity index (χ2n) is 3.33. The average Bonchev–Trinajstić information content (AvgIpc) is 2.21. The Morgan fingerprint density at radius 2 is 1.94 bits per heavy atom. The zero-order valence-corrected chi connectivity index (χ0v) is 10.4. The topological polar surface area (TPSA) is 75.7 Å². The van der Waals surface area contributed by atoms with Crippen LogP contribution in [0.3, 0.4) is 0 Å². The van der Waals surface area contributed by atoms with Crippen LogP contribution in [0.15, 0.2) is 0 Å². The van der Waals surface area contributed by atoms with Gasteiger partial charge in [-0.15, -0.1) is 0 Å². The van der Waals surface area contributed by atoms with E-state index in [1.807, 2.05) is 0 Å². The lowest BCUT2D eigenvalue weighted by Gasteiger charge is -2.15.